The molecule has 1 saturated carbocycles. The van der Waals surface area contributed by atoms with E-state index in [0.29, 0.717) is 19.6 Å². The minimum Gasteiger partial charge on any atom is -0.351 e. The van der Waals surface area contributed by atoms with Gasteiger partial charge in [0.15, 0.2) is 0 Å². The maximum Gasteiger partial charge on any atom is 0.318 e. The number of likely N-dealkylation sites (tertiary alicyclic amines) is 1. The average molecular weight is 419 g/mol. The molecular formula is C19H23BrN4O2. The van der Waals surface area contributed by atoms with E-state index in [0.717, 1.165) is 35.7 Å². The van der Waals surface area contributed by atoms with Gasteiger partial charge in [0.05, 0.1) is 12.6 Å². The number of urea groups is 2. The molecule has 1 aliphatic carbocycles. The standard InChI is InChI=1S/C19H23BrN4O2/c20-15-6-1-4-14(12-15)5-2-10-22-19(26)24(16-8-9-16)17-7-3-11-23(13-17)18(21)25/h1,4,6,12,16-17H,3,7-11,13H2,(H2,21,25)(H,22,26)/t17-/m1/s1. The summed E-state index contributed by atoms with van der Waals surface area (Å²) in [7, 11) is 0. The predicted molar refractivity (Wildman–Crippen MR) is 103 cm³/mol. The number of piperidine rings is 1. The number of rotatable bonds is 3. The van der Waals surface area contributed by atoms with E-state index < -0.39 is 6.03 Å². The molecule has 0 radical (unpaired) electrons. The molecule has 0 aromatic heterocycles. The predicted octanol–water partition coefficient (Wildman–Crippen LogP) is 2.52. The summed E-state index contributed by atoms with van der Waals surface area (Å²) in [6.45, 7) is 1.48. The summed E-state index contributed by atoms with van der Waals surface area (Å²) in [4.78, 5) is 27.7. The van der Waals surface area contributed by atoms with Crippen LogP contribution in [0.1, 0.15) is 31.2 Å². The van der Waals surface area contributed by atoms with Crippen LogP contribution in [0.15, 0.2) is 28.7 Å². The SMILES string of the molecule is NC(=O)N1CCC[C@@H](N(C(=O)NCC#Cc2cccc(Br)c2)C2CC2)C1. The molecule has 2 aliphatic rings. The second-order valence-electron chi connectivity index (χ2n) is 6.69. The Hall–Kier alpha value is -2.20. The quantitative estimate of drug-likeness (QED) is 0.739. The van der Waals surface area contributed by atoms with Crippen molar-refractivity contribution in [1.82, 2.24) is 15.1 Å². The zero-order chi connectivity index (χ0) is 18.5. The van der Waals surface area contributed by atoms with Crippen molar-refractivity contribution >= 4 is 28.0 Å². The third-order valence-corrected chi connectivity index (χ3v) is 5.15. The van der Waals surface area contributed by atoms with Gasteiger partial charge in [-0.3, -0.25) is 0 Å². The zero-order valence-electron chi connectivity index (χ0n) is 14.6. The van der Waals surface area contributed by atoms with E-state index in [-0.39, 0.29) is 18.1 Å². The van der Waals surface area contributed by atoms with E-state index in [9.17, 15) is 9.59 Å². The first-order valence-corrected chi connectivity index (χ1v) is 9.69. The Kier molecular flexibility index (Phi) is 6.04. The van der Waals surface area contributed by atoms with Crippen LogP contribution in [-0.2, 0) is 0 Å². The number of halogens is 1. The summed E-state index contributed by atoms with van der Waals surface area (Å²) in [5.74, 6) is 6.03. The number of nitrogens with two attached hydrogens (primary N) is 1. The van der Waals surface area contributed by atoms with Crippen LogP contribution in [-0.4, -0.2) is 53.6 Å². The summed E-state index contributed by atoms with van der Waals surface area (Å²) in [6.07, 6.45) is 3.80. The van der Waals surface area contributed by atoms with Crippen molar-refractivity contribution in [2.75, 3.05) is 19.6 Å². The largest absolute Gasteiger partial charge is 0.351 e. The molecule has 1 aromatic rings. The van der Waals surface area contributed by atoms with Crippen molar-refractivity contribution in [3.63, 3.8) is 0 Å². The highest BCUT2D eigenvalue weighted by Crippen LogP contribution is 2.31. The molecule has 3 N–H and O–H groups in total. The monoisotopic (exact) mass is 418 g/mol. The first-order chi connectivity index (χ1) is 12.5. The fraction of sp³-hybridized carbons (Fsp3) is 0.474. The van der Waals surface area contributed by atoms with Crippen LogP contribution in [0.2, 0.25) is 0 Å². The lowest BCUT2D eigenvalue weighted by molar-refractivity contribution is 0.119. The first-order valence-electron chi connectivity index (χ1n) is 8.89. The molecule has 7 heteroatoms. The van der Waals surface area contributed by atoms with Gasteiger partial charge in [0.2, 0.25) is 0 Å². The Bertz CT molecular complexity index is 739. The molecule has 0 bridgehead atoms. The highest BCUT2D eigenvalue weighted by Gasteiger charge is 2.39. The van der Waals surface area contributed by atoms with E-state index >= 15 is 0 Å². The van der Waals surface area contributed by atoms with Crippen molar-refractivity contribution in [3.05, 3.63) is 34.3 Å². The van der Waals surface area contributed by atoms with Gasteiger partial charge < -0.3 is 20.9 Å². The van der Waals surface area contributed by atoms with Crippen molar-refractivity contribution < 1.29 is 9.59 Å². The summed E-state index contributed by atoms with van der Waals surface area (Å²) in [5, 5.41) is 2.90. The number of primary amides is 1. The molecule has 1 atom stereocenters. The maximum atomic E-state index is 12.7. The van der Waals surface area contributed by atoms with Gasteiger partial charge in [-0.25, -0.2) is 9.59 Å². The molecular weight excluding hydrogens is 396 g/mol. The van der Waals surface area contributed by atoms with Crippen LogP contribution in [0, 0.1) is 11.8 Å². The van der Waals surface area contributed by atoms with Crippen molar-refractivity contribution in [2.24, 2.45) is 5.73 Å². The van der Waals surface area contributed by atoms with Crippen LogP contribution in [0.5, 0.6) is 0 Å². The second-order valence-corrected chi connectivity index (χ2v) is 7.61. The molecule has 2 fully saturated rings. The number of carbonyl (C=O) groups excluding carboxylic acids is 2. The van der Waals surface area contributed by atoms with Crippen LogP contribution in [0.3, 0.4) is 0 Å². The van der Waals surface area contributed by atoms with E-state index in [1.54, 1.807) is 4.90 Å². The van der Waals surface area contributed by atoms with E-state index in [1.807, 2.05) is 29.2 Å². The summed E-state index contributed by atoms with van der Waals surface area (Å²) < 4.78 is 0.976. The number of hydrogen-bond donors (Lipinski definition) is 2. The highest BCUT2D eigenvalue weighted by atomic mass is 79.9. The van der Waals surface area contributed by atoms with Gasteiger partial charge in [-0.1, -0.05) is 33.8 Å². The molecule has 1 saturated heterocycles. The summed E-state index contributed by atoms with van der Waals surface area (Å²) in [5.41, 5.74) is 6.31. The van der Waals surface area contributed by atoms with Crippen LogP contribution < -0.4 is 11.1 Å². The third kappa shape index (κ3) is 4.92. The molecule has 26 heavy (non-hydrogen) atoms. The van der Waals surface area contributed by atoms with Crippen molar-refractivity contribution in [3.8, 4) is 11.8 Å². The number of benzene rings is 1. The van der Waals surface area contributed by atoms with Gasteiger partial charge in [-0.15, -0.1) is 0 Å². The average Bonchev–Trinajstić information content (AvgIpc) is 3.44. The fourth-order valence-electron chi connectivity index (χ4n) is 3.29. The van der Waals surface area contributed by atoms with Gasteiger partial charge in [-0.05, 0) is 43.9 Å². The lowest BCUT2D eigenvalue weighted by atomic mass is 10.0. The van der Waals surface area contributed by atoms with Crippen molar-refractivity contribution in [1.29, 1.82) is 0 Å². The molecule has 138 valence electrons. The number of hydrogen-bond acceptors (Lipinski definition) is 2. The Balaban J connectivity index is 1.57. The molecule has 0 spiro atoms. The summed E-state index contributed by atoms with van der Waals surface area (Å²) in [6, 6.07) is 7.52. The number of amides is 4. The molecule has 1 aromatic carbocycles. The number of nitrogens with one attached hydrogen (secondary N) is 1. The van der Waals surface area contributed by atoms with E-state index in [4.69, 9.17) is 5.73 Å². The molecule has 1 aliphatic heterocycles. The maximum absolute atomic E-state index is 12.7. The van der Waals surface area contributed by atoms with E-state index in [1.165, 1.54) is 0 Å². The number of carbonyl (C=O) groups is 2. The van der Waals surface area contributed by atoms with Gasteiger partial charge >= 0.3 is 12.1 Å². The van der Waals surface area contributed by atoms with Gasteiger partial charge in [0, 0.05) is 29.2 Å². The molecule has 3 rings (SSSR count). The lowest BCUT2D eigenvalue weighted by Gasteiger charge is -2.38. The minimum atomic E-state index is -0.411. The van der Waals surface area contributed by atoms with E-state index in [2.05, 4.69) is 33.1 Å². The topological polar surface area (TPSA) is 78.7 Å². The Morgan fingerprint density at radius 3 is 2.81 bits per heavy atom. The van der Waals surface area contributed by atoms with Gasteiger partial charge in [-0.2, -0.15) is 0 Å². The molecule has 1 heterocycles. The van der Waals surface area contributed by atoms with Crippen LogP contribution in [0.25, 0.3) is 0 Å². The smallest absolute Gasteiger partial charge is 0.318 e. The zero-order valence-corrected chi connectivity index (χ0v) is 16.2. The number of nitrogens with zero attached hydrogens (tertiary/aromatic N) is 2. The normalized spacial score (nSPS) is 19.3. The Labute approximate surface area is 162 Å². The lowest BCUT2D eigenvalue weighted by Crippen LogP contribution is -2.55. The highest BCUT2D eigenvalue weighted by molar-refractivity contribution is 9.10. The van der Waals surface area contributed by atoms with Gasteiger partial charge in [0.1, 0.15) is 0 Å². The molecule has 0 unspecified atom stereocenters. The minimum absolute atomic E-state index is 0.0294. The van der Waals surface area contributed by atoms with Crippen LogP contribution >= 0.6 is 15.9 Å². The van der Waals surface area contributed by atoms with Crippen molar-refractivity contribution in [2.45, 2.75) is 37.8 Å². The first kappa shape index (κ1) is 18.6. The summed E-state index contributed by atoms with van der Waals surface area (Å²) >= 11 is 3.41. The molecule has 4 amide bonds. The Morgan fingerprint density at radius 1 is 1.31 bits per heavy atom. The van der Waals surface area contributed by atoms with Crippen LogP contribution in [0.4, 0.5) is 9.59 Å². The Morgan fingerprint density at radius 2 is 2.12 bits per heavy atom. The third-order valence-electron chi connectivity index (χ3n) is 4.66. The fourth-order valence-corrected chi connectivity index (χ4v) is 3.69. The second kappa shape index (κ2) is 8.45. The van der Waals surface area contributed by atoms with Gasteiger partial charge in [0.25, 0.3) is 0 Å². The molecule has 6 nitrogen and oxygen atoms in total.